The second-order valence-electron chi connectivity index (χ2n) is 6.15. The fraction of sp³-hybridized carbons (Fsp3) is 0.250. The molecule has 0 radical (unpaired) electrons. The predicted octanol–water partition coefficient (Wildman–Crippen LogP) is 1.93. The summed E-state index contributed by atoms with van der Waals surface area (Å²) in [6.07, 6.45) is 0.765. The van der Waals surface area contributed by atoms with E-state index in [4.69, 9.17) is 4.74 Å². The van der Waals surface area contributed by atoms with E-state index in [1.807, 2.05) is 25.1 Å². The Bertz CT molecular complexity index is 1060. The predicted molar refractivity (Wildman–Crippen MR) is 104 cm³/mol. The quantitative estimate of drug-likeness (QED) is 0.628. The number of ether oxygens (including phenoxy) is 1. The fourth-order valence-electron chi connectivity index (χ4n) is 2.65. The van der Waals surface area contributed by atoms with Crippen LogP contribution >= 0.6 is 0 Å². The highest BCUT2D eigenvalue weighted by atomic mass is 16.5. The van der Waals surface area contributed by atoms with Crippen LogP contribution in [0.4, 0.5) is 5.69 Å². The minimum atomic E-state index is -0.598. The zero-order chi connectivity index (χ0) is 19.9. The fourth-order valence-corrected chi connectivity index (χ4v) is 2.65. The van der Waals surface area contributed by atoms with Crippen molar-refractivity contribution in [3.63, 3.8) is 0 Å². The molecule has 0 aliphatic heterocycles. The SMILES string of the molecule is CCc1cccc(NC(=O)COC(=O)CCn2nnc3ccccc3c2=O)c1. The molecule has 3 aromatic rings. The number of carbonyl (C=O) groups is 2. The topological polar surface area (TPSA) is 103 Å². The summed E-state index contributed by atoms with van der Waals surface area (Å²) in [5.74, 6) is -1.02. The zero-order valence-corrected chi connectivity index (χ0v) is 15.4. The van der Waals surface area contributed by atoms with Crippen molar-refractivity contribution in [2.45, 2.75) is 26.3 Å². The first-order valence-corrected chi connectivity index (χ1v) is 8.94. The Morgan fingerprint density at radius 1 is 1.14 bits per heavy atom. The van der Waals surface area contributed by atoms with Gasteiger partial charge in [0.05, 0.1) is 18.4 Å². The van der Waals surface area contributed by atoms with Crippen LogP contribution in [0.1, 0.15) is 18.9 Å². The molecule has 0 aliphatic rings. The van der Waals surface area contributed by atoms with E-state index in [1.165, 1.54) is 0 Å². The number of carbonyl (C=O) groups excluding carboxylic acids is 2. The summed E-state index contributed by atoms with van der Waals surface area (Å²) in [5, 5.41) is 10.9. The van der Waals surface area contributed by atoms with Gasteiger partial charge in [0.25, 0.3) is 11.5 Å². The molecule has 28 heavy (non-hydrogen) atoms. The van der Waals surface area contributed by atoms with Crippen molar-refractivity contribution in [1.82, 2.24) is 15.0 Å². The second kappa shape index (κ2) is 8.90. The number of hydrogen-bond donors (Lipinski definition) is 1. The summed E-state index contributed by atoms with van der Waals surface area (Å²) < 4.78 is 6.08. The molecule has 144 valence electrons. The van der Waals surface area contributed by atoms with Crippen LogP contribution in [0, 0.1) is 0 Å². The summed E-state index contributed by atoms with van der Waals surface area (Å²) in [6, 6.07) is 14.3. The minimum absolute atomic E-state index is 0.0235. The van der Waals surface area contributed by atoms with Crippen LogP contribution in [0.3, 0.4) is 0 Å². The van der Waals surface area contributed by atoms with E-state index in [0.29, 0.717) is 16.6 Å². The molecular weight excluding hydrogens is 360 g/mol. The summed E-state index contributed by atoms with van der Waals surface area (Å²) in [5.41, 5.74) is 1.91. The van der Waals surface area contributed by atoms with Crippen LogP contribution in [0.5, 0.6) is 0 Å². The molecule has 1 amide bonds. The summed E-state index contributed by atoms with van der Waals surface area (Å²) in [4.78, 5) is 36.1. The molecule has 0 bridgehead atoms. The molecule has 3 rings (SSSR count). The number of aryl methyl sites for hydroxylation is 2. The van der Waals surface area contributed by atoms with Crippen LogP contribution < -0.4 is 10.9 Å². The molecule has 1 heterocycles. The summed E-state index contributed by atoms with van der Waals surface area (Å²) in [6.45, 7) is 1.65. The van der Waals surface area contributed by atoms with Crippen LogP contribution in [0.2, 0.25) is 0 Å². The van der Waals surface area contributed by atoms with Gasteiger partial charge in [-0.25, -0.2) is 4.68 Å². The zero-order valence-electron chi connectivity index (χ0n) is 15.4. The number of aromatic nitrogens is 3. The number of nitrogens with one attached hydrogen (secondary N) is 1. The van der Waals surface area contributed by atoms with Crippen molar-refractivity contribution in [1.29, 1.82) is 0 Å². The Kier molecular flexibility index (Phi) is 6.11. The molecule has 0 spiro atoms. The molecule has 1 N–H and O–H groups in total. The lowest BCUT2D eigenvalue weighted by Gasteiger charge is -2.08. The normalized spacial score (nSPS) is 10.6. The molecule has 1 aromatic heterocycles. The van der Waals surface area contributed by atoms with Gasteiger partial charge in [-0.2, -0.15) is 0 Å². The lowest BCUT2D eigenvalue weighted by atomic mass is 10.1. The van der Waals surface area contributed by atoms with E-state index in [1.54, 1.807) is 30.3 Å². The number of anilines is 1. The molecule has 8 nitrogen and oxygen atoms in total. The molecule has 2 aromatic carbocycles. The lowest BCUT2D eigenvalue weighted by Crippen LogP contribution is -2.26. The maximum atomic E-state index is 12.3. The van der Waals surface area contributed by atoms with Crippen LogP contribution in [0.15, 0.2) is 53.3 Å². The standard InChI is InChI=1S/C20H20N4O4/c1-2-14-6-5-7-15(12-14)21-18(25)13-28-19(26)10-11-24-20(27)16-8-3-4-9-17(16)22-23-24/h3-9,12H,2,10-11,13H2,1H3,(H,21,25). The molecule has 0 fully saturated rings. The van der Waals surface area contributed by atoms with Crippen LogP contribution in [-0.4, -0.2) is 33.5 Å². The monoisotopic (exact) mass is 380 g/mol. The Morgan fingerprint density at radius 2 is 1.96 bits per heavy atom. The molecule has 0 saturated carbocycles. The first-order valence-electron chi connectivity index (χ1n) is 8.94. The first-order chi connectivity index (χ1) is 13.6. The van der Waals surface area contributed by atoms with Crippen molar-refractivity contribution in [3.05, 3.63) is 64.4 Å². The van der Waals surface area contributed by atoms with Crippen molar-refractivity contribution >= 4 is 28.5 Å². The van der Waals surface area contributed by atoms with E-state index in [-0.39, 0.29) is 18.5 Å². The molecule has 0 saturated heterocycles. The summed E-state index contributed by atoms with van der Waals surface area (Å²) in [7, 11) is 0. The van der Waals surface area contributed by atoms with Crippen molar-refractivity contribution < 1.29 is 14.3 Å². The number of fused-ring (bicyclic) bond motifs is 1. The number of rotatable bonds is 7. The third-order valence-electron chi connectivity index (χ3n) is 4.14. The van der Waals surface area contributed by atoms with Gasteiger partial charge in [0.2, 0.25) is 0 Å². The van der Waals surface area contributed by atoms with Crippen LogP contribution in [0.25, 0.3) is 10.9 Å². The van der Waals surface area contributed by atoms with E-state index < -0.39 is 18.5 Å². The van der Waals surface area contributed by atoms with Crippen LogP contribution in [-0.2, 0) is 27.3 Å². The Labute approximate surface area is 161 Å². The highest BCUT2D eigenvalue weighted by molar-refractivity contribution is 5.92. The molecule has 0 aliphatic carbocycles. The second-order valence-corrected chi connectivity index (χ2v) is 6.15. The number of benzene rings is 2. The third-order valence-corrected chi connectivity index (χ3v) is 4.14. The average Bonchev–Trinajstić information content (AvgIpc) is 2.72. The van der Waals surface area contributed by atoms with Gasteiger partial charge in [-0.05, 0) is 36.2 Å². The first kappa shape index (κ1) is 19.2. The maximum Gasteiger partial charge on any atom is 0.308 e. The highest BCUT2D eigenvalue weighted by Gasteiger charge is 2.11. The number of nitrogens with zero attached hydrogens (tertiary/aromatic N) is 3. The van der Waals surface area contributed by atoms with Crippen molar-refractivity contribution in [2.24, 2.45) is 0 Å². The molecule has 0 unspecified atom stereocenters. The van der Waals surface area contributed by atoms with E-state index in [0.717, 1.165) is 16.7 Å². The molecule has 0 atom stereocenters. The Morgan fingerprint density at radius 3 is 2.79 bits per heavy atom. The van der Waals surface area contributed by atoms with Gasteiger partial charge in [-0.3, -0.25) is 14.4 Å². The summed E-state index contributed by atoms with van der Waals surface area (Å²) >= 11 is 0. The minimum Gasteiger partial charge on any atom is -0.456 e. The average molecular weight is 380 g/mol. The van der Waals surface area contributed by atoms with Gasteiger partial charge in [-0.1, -0.05) is 36.4 Å². The highest BCUT2D eigenvalue weighted by Crippen LogP contribution is 2.11. The molecule has 8 heteroatoms. The van der Waals surface area contributed by atoms with Gasteiger partial charge in [0, 0.05) is 5.69 Å². The lowest BCUT2D eigenvalue weighted by molar-refractivity contribution is -0.147. The number of esters is 1. The van der Waals surface area contributed by atoms with Gasteiger partial charge < -0.3 is 10.1 Å². The molecular formula is C20H20N4O4. The largest absolute Gasteiger partial charge is 0.456 e. The number of amides is 1. The van der Waals surface area contributed by atoms with Crippen molar-refractivity contribution in [2.75, 3.05) is 11.9 Å². The third kappa shape index (κ3) is 4.79. The van der Waals surface area contributed by atoms with Gasteiger partial charge in [-0.15, -0.1) is 5.10 Å². The van der Waals surface area contributed by atoms with E-state index in [9.17, 15) is 14.4 Å². The van der Waals surface area contributed by atoms with Gasteiger partial charge in [0.15, 0.2) is 6.61 Å². The van der Waals surface area contributed by atoms with Gasteiger partial charge in [0.1, 0.15) is 5.52 Å². The Hall–Kier alpha value is -3.55. The number of hydrogen-bond acceptors (Lipinski definition) is 6. The van der Waals surface area contributed by atoms with E-state index >= 15 is 0 Å². The maximum absolute atomic E-state index is 12.3. The van der Waals surface area contributed by atoms with Crippen molar-refractivity contribution in [3.8, 4) is 0 Å². The Balaban J connectivity index is 1.50. The van der Waals surface area contributed by atoms with Gasteiger partial charge >= 0.3 is 5.97 Å². The smallest absolute Gasteiger partial charge is 0.308 e. The van der Waals surface area contributed by atoms with E-state index in [2.05, 4.69) is 15.6 Å².